The zero-order chi connectivity index (χ0) is 14.1. The Morgan fingerprint density at radius 2 is 2.20 bits per heavy atom. The fourth-order valence-corrected chi connectivity index (χ4v) is 2.77. The van der Waals surface area contributed by atoms with Crippen LogP contribution < -0.4 is 10.5 Å². The van der Waals surface area contributed by atoms with Crippen LogP contribution in [0.3, 0.4) is 0 Å². The van der Waals surface area contributed by atoms with Crippen LogP contribution >= 0.6 is 0 Å². The number of aromatic nitrogens is 2. The van der Waals surface area contributed by atoms with E-state index in [0.29, 0.717) is 11.7 Å². The van der Waals surface area contributed by atoms with Gasteiger partial charge in [0.2, 0.25) is 11.7 Å². The zero-order valence-electron chi connectivity index (χ0n) is 11.8. The van der Waals surface area contributed by atoms with E-state index in [1.165, 1.54) is 0 Å². The summed E-state index contributed by atoms with van der Waals surface area (Å²) in [6.45, 7) is 2.02. The number of ether oxygens (including phenoxy) is 1. The van der Waals surface area contributed by atoms with Gasteiger partial charge < -0.3 is 15.0 Å². The van der Waals surface area contributed by atoms with Crippen LogP contribution in [0.5, 0.6) is 5.75 Å². The highest BCUT2D eigenvalue weighted by molar-refractivity contribution is 5.64. The molecule has 1 aliphatic carbocycles. The smallest absolute Gasteiger partial charge is 0.231 e. The number of nitrogens with two attached hydrogens (primary N) is 1. The minimum atomic E-state index is 0.128. The van der Waals surface area contributed by atoms with Crippen LogP contribution in [0.4, 0.5) is 0 Å². The summed E-state index contributed by atoms with van der Waals surface area (Å²) in [6, 6.07) is 6.06. The predicted octanol–water partition coefficient (Wildman–Crippen LogP) is 2.65. The van der Waals surface area contributed by atoms with Gasteiger partial charge >= 0.3 is 0 Å². The van der Waals surface area contributed by atoms with Crippen LogP contribution in [0.15, 0.2) is 22.7 Å². The summed E-state index contributed by atoms with van der Waals surface area (Å²) in [6.07, 6.45) is 3.17. The lowest BCUT2D eigenvalue weighted by Gasteiger charge is -2.09. The Bertz CT molecular complexity index is 609. The van der Waals surface area contributed by atoms with Crippen LogP contribution in [-0.2, 0) is 0 Å². The van der Waals surface area contributed by atoms with Crippen molar-refractivity contribution in [1.82, 2.24) is 10.1 Å². The first-order chi connectivity index (χ1) is 9.69. The number of benzene rings is 1. The Morgan fingerprint density at radius 3 is 2.90 bits per heavy atom. The maximum atomic E-state index is 6.08. The van der Waals surface area contributed by atoms with E-state index in [1.54, 1.807) is 7.11 Å². The molecule has 2 unspecified atom stereocenters. The molecule has 0 spiro atoms. The monoisotopic (exact) mass is 273 g/mol. The first kappa shape index (κ1) is 13.1. The molecule has 0 aliphatic heterocycles. The molecule has 0 amide bonds. The molecule has 0 radical (unpaired) electrons. The van der Waals surface area contributed by atoms with E-state index in [0.717, 1.165) is 36.1 Å². The quantitative estimate of drug-likeness (QED) is 0.930. The summed E-state index contributed by atoms with van der Waals surface area (Å²) in [5.41, 5.74) is 8.06. The molecular formula is C15H19N3O2. The Hall–Kier alpha value is -1.88. The van der Waals surface area contributed by atoms with Crippen LogP contribution in [0, 0.1) is 6.92 Å². The standard InChI is InChI=1S/C15H19N3O2/c1-9-6-7-11(13(8-9)19-2)14-17-15(20-18-14)10-4-3-5-12(10)16/h6-8,10,12H,3-5,16H2,1-2H3. The molecule has 1 aromatic carbocycles. The van der Waals surface area contributed by atoms with Crippen LogP contribution in [0.1, 0.15) is 36.6 Å². The maximum Gasteiger partial charge on any atom is 0.231 e. The van der Waals surface area contributed by atoms with E-state index in [2.05, 4.69) is 10.1 Å². The van der Waals surface area contributed by atoms with Crippen molar-refractivity contribution >= 4 is 0 Å². The van der Waals surface area contributed by atoms with Crippen molar-refractivity contribution in [3.63, 3.8) is 0 Å². The number of nitrogens with zero attached hydrogens (tertiary/aromatic N) is 2. The first-order valence-corrected chi connectivity index (χ1v) is 6.93. The van der Waals surface area contributed by atoms with Gasteiger partial charge in [-0.3, -0.25) is 0 Å². The molecule has 0 saturated heterocycles. The lowest BCUT2D eigenvalue weighted by Crippen LogP contribution is -2.22. The molecule has 1 fully saturated rings. The highest BCUT2D eigenvalue weighted by Gasteiger charge is 2.30. The maximum absolute atomic E-state index is 6.08. The zero-order valence-corrected chi connectivity index (χ0v) is 11.8. The van der Waals surface area contributed by atoms with Gasteiger partial charge in [-0.25, -0.2) is 0 Å². The summed E-state index contributed by atoms with van der Waals surface area (Å²) >= 11 is 0. The van der Waals surface area contributed by atoms with Gasteiger partial charge in [0.15, 0.2) is 0 Å². The number of rotatable bonds is 3. The van der Waals surface area contributed by atoms with Crippen molar-refractivity contribution in [3.8, 4) is 17.1 Å². The fourth-order valence-electron chi connectivity index (χ4n) is 2.77. The van der Waals surface area contributed by atoms with Crippen molar-refractivity contribution in [2.24, 2.45) is 5.73 Å². The molecule has 1 saturated carbocycles. The van der Waals surface area contributed by atoms with Gasteiger partial charge in [0.05, 0.1) is 18.6 Å². The summed E-state index contributed by atoms with van der Waals surface area (Å²) in [7, 11) is 1.64. The summed E-state index contributed by atoms with van der Waals surface area (Å²) in [4.78, 5) is 4.51. The van der Waals surface area contributed by atoms with E-state index >= 15 is 0 Å². The Balaban J connectivity index is 1.94. The van der Waals surface area contributed by atoms with E-state index in [9.17, 15) is 0 Å². The lowest BCUT2D eigenvalue weighted by atomic mass is 10.0. The van der Waals surface area contributed by atoms with E-state index < -0.39 is 0 Å². The van der Waals surface area contributed by atoms with Crippen molar-refractivity contribution in [2.45, 2.75) is 38.1 Å². The third kappa shape index (κ3) is 2.29. The molecule has 2 atom stereocenters. The number of hydrogen-bond donors (Lipinski definition) is 1. The largest absolute Gasteiger partial charge is 0.496 e. The Kier molecular flexibility index (Phi) is 3.44. The molecule has 2 N–H and O–H groups in total. The first-order valence-electron chi connectivity index (χ1n) is 6.93. The van der Waals surface area contributed by atoms with Crippen LogP contribution in [0.25, 0.3) is 11.4 Å². The predicted molar refractivity (Wildman–Crippen MR) is 75.6 cm³/mol. The van der Waals surface area contributed by atoms with Crippen LogP contribution in [-0.4, -0.2) is 23.3 Å². The van der Waals surface area contributed by atoms with Gasteiger partial charge in [0.1, 0.15) is 5.75 Å². The SMILES string of the molecule is COc1cc(C)ccc1-c1noc(C2CCCC2N)n1. The van der Waals surface area contributed by atoms with E-state index in [1.807, 2.05) is 25.1 Å². The number of methoxy groups -OCH3 is 1. The van der Waals surface area contributed by atoms with Crippen molar-refractivity contribution < 1.29 is 9.26 Å². The minimum absolute atomic E-state index is 0.128. The summed E-state index contributed by atoms with van der Waals surface area (Å²) < 4.78 is 10.8. The minimum Gasteiger partial charge on any atom is -0.496 e. The third-order valence-corrected chi connectivity index (χ3v) is 3.93. The average Bonchev–Trinajstić information content (AvgIpc) is 3.07. The second-order valence-electron chi connectivity index (χ2n) is 5.36. The van der Waals surface area contributed by atoms with Gasteiger partial charge in [-0.1, -0.05) is 17.6 Å². The molecule has 0 bridgehead atoms. The van der Waals surface area contributed by atoms with Crippen molar-refractivity contribution in [2.75, 3.05) is 7.11 Å². The molecule has 5 nitrogen and oxygen atoms in total. The molecule has 1 aliphatic rings. The van der Waals surface area contributed by atoms with Gasteiger partial charge in [-0.2, -0.15) is 4.98 Å². The van der Waals surface area contributed by atoms with E-state index in [-0.39, 0.29) is 12.0 Å². The van der Waals surface area contributed by atoms with Crippen LogP contribution in [0.2, 0.25) is 0 Å². The highest BCUT2D eigenvalue weighted by Crippen LogP contribution is 2.35. The normalized spacial score (nSPS) is 22.1. The Morgan fingerprint density at radius 1 is 1.35 bits per heavy atom. The molecular weight excluding hydrogens is 254 g/mol. The van der Waals surface area contributed by atoms with E-state index in [4.69, 9.17) is 15.0 Å². The van der Waals surface area contributed by atoms with Gasteiger partial charge in [0, 0.05) is 6.04 Å². The third-order valence-electron chi connectivity index (χ3n) is 3.93. The highest BCUT2D eigenvalue weighted by atomic mass is 16.5. The van der Waals surface area contributed by atoms with Crippen molar-refractivity contribution in [3.05, 3.63) is 29.7 Å². The second-order valence-corrected chi connectivity index (χ2v) is 5.36. The number of hydrogen-bond acceptors (Lipinski definition) is 5. The number of aryl methyl sites for hydroxylation is 1. The molecule has 20 heavy (non-hydrogen) atoms. The second kappa shape index (κ2) is 5.25. The van der Waals surface area contributed by atoms with Gasteiger partial charge in [-0.15, -0.1) is 0 Å². The Labute approximate surface area is 118 Å². The molecule has 3 rings (SSSR count). The fraction of sp³-hybridized carbons (Fsp3) is 0.467. The van der Waals surface area contributed by atoms with Gasteiger partial charge in [0.25, 0.3) is 0 Å². The molecule has 5 heteroatoms. The summed E-state index contributed by atoms with van der Waals surface area (Å²) in [5, 5.41) is 4.08. The topological polar surface area (TPSA) is 74.2 Å². The molecule has 2 aromatic rings. The molecule has 106 valence electrons. The molecule has 1 heterocycles. The average molecular weight is 273 g/mol. The summed E-state index contributed by atoms with van der Waals surface area (Å²) in [5.74, 6) is 2.16. The molecule has 1 aromatic heterocycles. The van der Waals surface area contributed by atoms with Gasteiger partial charge in [-0.05, 0) is 37.5 Å². The van der Waals surface area contributed by atoms with Crippen molar-refractivity contribution in [1.29, 1.82) is 0 Å². The lowest BCUT2D eigenvalue weighted by molar-refractivity contribution is 0.345.